The Morgan fingerprint density at radius 1 is 1.35 bits per heavy atom. The minimum absolute atomic E-state index is 0.0912. The van der Waals surface area contributed by atoms with Crippen LogP contribution in [0, 0.1) is 23.0 Å². The van der Waals surface area contributed by atoms with Crippen LogP contribution in [0.4, 0.5) is 5.69 Å². The second kappa shape index (κ2) is 6.78. The highest BCUT2D eigenvalue weighted by Crippen LogP contribution is 2.22. The minimum atomic E-state index is -3.73. The van der Waals surface area contributed by atoms with Crippen molar-refractivity contribution in [3.8, 4) is 0 Å². The van der Waals surface area contributed by atoms with Crippen LogP contribution >= 0.6 is 0 Å². The number of rotatable bonds is 7. The molecular formula is C12H19N3O4S. The zero-order chi connectivity index (χ0) is 15.3. The molecule has 8 heteroatoms. The van der Waals surface area contributed by atoms with E-state index in [9.17, 15) is 18.5 Å². The number of nitrogens with zero attached hydrogens (tertiary/aromatic N) is 1. The number of aryl methyl sites for hydroxylation is 1. The largest absolute Gasteiger partial charge is 0.319 e. The number of nitrogens with one attached hydrogen (secondary N) is 2. The van der Waals surface area contributed by atoms with Gasteiger partial charge in [-0.3, -0.25) is 10.1 Å². The molecule has 0 amide bonds. The lowest BCUT2D eigenvalue weighted by Gasteiger charge is -2.12. The number of sulfonamides is 1. The second-order valence-corrected chi connectivity index (χ2v) is 6.49. The zero-order valence-corrected chi connectivity index (χ0v) is 12.5. The van der Waals surface area contributed by atoms with Gasteiger partial charge < -0.3 is 5.32 Å². The van der Waals surface area contributed by atoms with Gasteiger partial charge in [-0.05, 0) is 32.5 Å². The first-order valence-electron chi connectivity index (χ1n) is 6.17. The van der Waals surface area contributed by atoms with Gasteiger partial charge in [0.1, 0.15) is 0 Å². The van der Waals surface area contributed by atoms with E-state index < -0.39 is 14.9 Å². The predicted molar refractivity (Wildman–Crippen MR) is 76.1 cm³/mol. The maximum atomic E-state index is 12.1. The molecule has 0 aliphatic heterocycles. The maximum absolute atomic E-state index is 12.1. The molecule has 2 N–H and O–H groups in total. The van der Waals surface area contributed by atoms with E-state index in [0.717, 1.165) is 6.07 Å². The Bertz CT molecular complexity index is 586. The van der Waals surface area contributed by atoms with E-state index in [4.69, 9.17) is 0 Å². The third kappa shape index (κ3) is 4.26. The van der Waals surface area contributed by atoms with Crippen molar-refractivity contribution in [3.05, 3.63) is 33.9 Å². The Labute approximate surface area is 118 Å². The molecule has 0 aromatic heterocycles. The Kier molecular flexibility index (Phi) is 5.61. The molecule has 0 aliphatic rings. The van der Waals surface area contributed by atoms with Gasteiger partial charge in [0.15, 0.2) is 0 Å². The van der Waals surface area contributed by atoms with E-state index in [1.54, 1.807) is 14.0 Å². The Morgan fingerprint density at radius 2 is 2.00 bits per heavy atom. The molecule has 0 radical (unpaired) electrons. The smallest absolute Gasteiger partial charge is 0.273 e. The molecule has 0 saturated carbocycles. The van der Waals surface area contributed by atoms with Gasteiger partial charge in [-0.15, -0.1) is 0 Å². The Balaban J connectivity index is 2.93. The molecule has 0 spiro atoms. The molecular weight excluding hydrogens is 282 g/mol. The fourth-order valence-corrected chi connectivity index (χ4v) is 2.89. The van der Waals surface area contributed by atoms with Crippen LogP contribution < -0.4 is 10.0 Å². The molecule has 1 rings (SSSR count). The number of hydrogen-bond donors (Lipinski definition) is 2. The van der Waals surface area contributed by atoms with Crippen molar-refractivity contribution < 1.29 is 13.3 Å². The lowest BCUT2D eigenvalue weighted by Crippen LogP contribution is -2.32. The van der Waals surface area contributed by atoms with E-state index in [0.29, 0.717) is 12.1 Å². The average molecular weight is 301 g/mol. The summed E-state index contributed by atoms with van der Waals surface area (Å²) in [5.74, 6) is 0.121. The van der Waals surface area contributed by atoms with Crippen molar-refractivity contribution >= 4 is 15.7 Å². The summed E-state index contributed by atoms with van der Waals surface area (Å²) in [6.07, 6.45) is 0. The number of nitro benzene ring substituents is 1. The van der Waals surface area contributed by atoms with Crippen LogP contribution in [0.3, 0.4) is 0 Å². The van der Waals surface area contributed by atoms with E-state index >= 15 is 0 Å². The van der Waals surface area contributed by atoms with Crippen molar-refractivity contribution in [3.63, 3.8) is 0 Å². The highest BCUT2D eigenvalue weighted by molar-refractivity contribution is 7.89. The zero-order valence-electron chi connectivity index (χ0n) is 11.7. The van der Waals surface area contributed by atoms with Crippen molar-refractivity contribution in [1.82, 2.24) is 10.0 Å². The van der Waals surface area contributed by atoms with Crippen LogP contribution in [0.25, 0.3) is 0 Å². The van der Waals surface area contributed by atoms with E-state index in [1.807, 2.05) is 6.92 Å². The fraction of sp³-hybridized carbons (Fsp3) is 0.500. The van der Waals surface area contributed by atoms with Gasteiger partial charge in [0.2, 0.25) is 10.0 Å². The normalized spacial score (nSPS) is 13.2. The van der Waals surface area contributed by atoms with Crippen LogP contribution in [0.15, 0.2) is 23.1 Å². The third-order valence-corrected chi connectivity index (χ3v) is 4.28. The fourth-order valence-electron chi connectivity index (χ4n) is 1.71. The van der Waals surface area contributed by atoms with E-state index in [1.165, 1.54) is 12.1 Å². The van der Waals surface area contributed by atoms with Gasteiger partial charge >= 0.3 is 0 Å². The van der Waals surface area contributed by atoms with E-state index in [-0.39, 0.29) is 23.0 Å². The average Bonchev–Trinajstić information content (AvgIpc) is 2.37. The number of hydrogen-bond acceptors (Lipinski definition) is 5. The van der Waals surface area contributed by atoms with Crippen LogP contribution in [-0.2, 0) is 10.0 Å². The molecule has 20 heavy (non-hydrogen) atoms. The standard InChI is InChI=1S/C12H19N3O4S/c1-9(7-13-3)8-14-20(18,19)11-5-4-10(2)12(6-11)15(16)17/h4-6,9,13-14H,7-8H2,1-3H3. The quantitative estimate of drug-likeness (QED) is 0.579. The molecule has 1 atom stereocenters. The second-order valence-electron chi connectivity index (χ2n) is 4.72. The molecule has 0 fully saturated rings. The summed E-state index contributed by atoms with van der Waals surface area (Å²) in [5, 5.41) is 13.8. The molecule has 0 bridgehead atoms. The minimum Gasteiger partial charge on any atom is -0.319 e. The van der Waals surface area contributed by atoms with E-state index in [2.05, 4.69) is 10.0 Å². The van der Waals surface area contributed by atoms with Crippen LogP contribution in [-0.4, -0.2) is 33.5 Å². The summed E-state index contributed by atoms with van der Waals surface area (Å²) >= 11 is 0. The molecule has 1 aromatic carbocycles. The molecule has 0 heterocycles. The first-order valence-corrected chi connectivity index (χ1v) is 7.65. The highest BCUT2D eigenvalue weighted by atomic mass is 32.2. The summed E-state index contributed by atoms with van der Waals surface area (Å²) in [6.45, 7) is 4.41. The topological polar surface area (TPSA) is 101 Å². The Hall–Kier alpha value is -1.51. The molecule has 112 valence electrons. The Morgan fingerprint density at radius 3 is 2.55 bits per heavy atom. The number of nitro groups is 1. The summed E-state index contributed by atoms with van der Waals surface area (Å²) in [4.78, 5) is 10.2. The summed E-state index contributed by atoms with van der Waals surface area (Å²) < 4.78 is 26.6. The predicted octanol–water partition coefficient (Wildman–Crippen LogP) is 1.04. The lowest BCUT2D eigenvalue weighted by atomic mass is 10.2. The van der Waals surface area contributed by atoms with Crippen LogP contribution in [0.2, 0.25) is 0 Å². The van der Waals surface area contributed by atoms with Gasteiger partial charge in [-0.25, -0.2) is 13.1 Å². The van der Waals surface area contributed by atoms with Gasteiger partial charge in [0, 0.05) is 18.2 Å². The van der Waals surface area contributed by atoms with Crippen molar-refractivity contribution in [2.24, 2.45) is 5.92 Å². The van der Waals surface area contributed by atoms with Gasteiger partial charge in [-0.1, -0.05) is 13.0 Å². The summed E-state index contributed by atoms with van der Waals surface area (Å²) in [7, 11) is -1.94. The lowest BCUT2D eigenvalue weighted by molar-refractivity contribution is -0.385. The first-order chi connectivity index (χ1) is 9.27. The third-order valence-electron chi connectivity index (χ3n) is 2.86. The highest BCUT2D eigenvalue weighted by Gasteiger charge is 2.20. The van der Waals surface area contributed by atoms with Gasteiger partial charge in [0.25, 0.3) is 5.69 Å². The van der Waals surface area contributed by atoms with Crippen LogP contribution in [0.5, 0.6) is 0 Å². The maximum Gasteiger partial charge on any atom is 0.273 e. The molecule has 1 unspecified atom stereocenters. The summed E-state index contributed by atoms with van der Waals surface area (Å²) in [6, 6.07) is 3.89. The van der Waals surface area contributed by atoms with Crippen molar-refractivity contribution in [2.75, 3.05) is 20.1 Å². The molecule has 7 nitrogen and oxygen atoms in total. The summed E-state index contributed by atoms with van der Waals surface area (Å²) in [5.41, 5.74) is 0.230. The van der Waals surface area contributed by atoms with Gasteiger partial charge in [0.05, 0.1) is 9.82 Å². The first kappa shape index (κ1) is 16.5. The monoisotopic (exact) mass is 301 g/mol. The van der Waals surface area contributed by atoms with Crippen molar-refractivity contribution in [1.29, 1.82) is 0 Å². The van der Waals surface area contributed by atoms with Crippen LogP contribution in [0.1, 0.15) is 12.5 Å². The molecule has 1 aromatic rings. The molecule has 0 saturated heterocycles. The van der Waals surface area contributed by atoms with Gasteiger partial charge in [-0.2, -0.15) is 0 Å². The van der Waals surface area contributed by atoms with Crippen molar-refractivity contribution in [2.45, 2.75) is 18.7 Å². The SMILES string of the molecule is CNCC(C)CNS(=O)(=O)c1ccc(C)c([N+](=O)[O-])c1. The molecule has 0 aliphatic carbocycles. The number of benzene rings is 1.